The molecule has 0 atom stereocenters. The van der Waals surface area contributed by atoms with Crippen LogP contribution in [-0.4, -0.2) is 11.1 Å². The fraction of sp³-hybridized carbons (Fsp3) is 0.312. The van der Waals surface area contributed by atoms with Crippen LogP contribution in [0.1, 0.15) is 40.8 Å². The lowest BCUT2D eigenvalue weighted by atomic mass is 10.1. The largest absolute Gasteiger partial charge is 0.475 e. The summed E-state index contributed by atoms with van der Waals surface area (Å²) in [5.41, 5.74) is 3.20. The van der Waals surface area contributed by atoms with Crippen molar-refractivity contribution in [3.05, 3.63) is 53.0 Å². The first-order valence-electron chi connectivity index (χ1n) is 6.75. The molecule has 2 N–H and O–H groups in total. The van der Waals surface area contributed by atoms with Gasteiger partial charge < -0.3 is 14.8 Å². The van der Waals surface area contributed by atoms with Crippen molar-refractivity contribution in [1.29, 1.82) is 0 Å². The molecule has 2 rings (SSSR count). The van der Waals surface area contributed by atoms with Gasteiger partial charge in [-0.3, -0.25) is 0 Å². The lowest BCUT2D eigenvalue weighted by Gasteiger charge is -2.06. The Bertz CT molecular complexity index is 584. The van der Waals surface area contributed by atoms with Crippen molar-refractivity contribution >= 4 is 11.7 Å². The van der Waals surface area contributed by atoms with E-state index in [1.165, 1.54) is 5.56 Å². The minimum atomic E-state index is -1.04. The molecule has 0 bridgehead atoms. The molecule has 0 fully saturated rings. The molecule has 4 nitrogen and oxygen atoms in total. The number of nitrogens with one attached hydrogen (secondary N) is 1. The summed E-state index contributed by atoms with van der Waals surface area (Å²) in [6.45, 7) is 4.48. The number of carbonyl (C=O) groups is 1. The number of hydrogen-bond acceptors (Lipinski definition) is 3. The zero-order valence-electron chi connectivity index (χ0n) is 11.8. The van der Waals surface area contributed by atoms with Gasteiger partial charge in [-0.2, -0.15) is 0 Å². The Morgan fingerprint density at radius 1 is 1.30 bits per heavy atom. The second-order valence-electron chi connectivity index (χ2n) is 4.80. The highest BCUT2D eigenvalue weighted by atomic mass is 16.4. The summed E-state index contributed by atoms with van der Waals surface area (Å²) in [5.74, 6) is -0.418. The molecular weight excluding hydrogens is 254 g/mol. The molecule has 2 aromatic rings. The molecule has 106 valence electrons. The van der Waals surface area contributed by atoms with Gasteiger partial charge in [-0.25, -0.2) is 4.79 Å². The topological polar surface area (TPSA) is 62.5 Å². The molecule has 1 aromatic heterocycles. The van der Waals surface area contributed by atoms with Gasteiger partial charge in [0.1, 0.15) is 5.76 Å². The summed E-state index contributed by atoms with van der Waals surface area (Å²) >= 11 is 0. The number of hydrogen-bond donors (Lipinski definition) is 2. The average Bonchev–Trinajstić information content (AvgIpc) is 2.80. The Labute approximate surface area is 118 Å². The van der Waals surface area contributed by atoms with Gasteiger partial charge in [0.2, 0.25) is 5.76 Å². The Hall–Kier alpha value is -2.23. The van der Waals surface area contributed by atoms with Gasteiger partial charge in [0.15, 0.2) is 0 Å². The van der Waals surface area contributed by atoms with Crippen molar-refractivity contribution in [2.75, 3.05) is 5.32 Å². The maximum absolute atomic E-state index is 10.8. The molecule has 0 aliphatic rings. The fourth-order valence-electron chi connectivity index (χ4n) is 2.08. The summed E-state index contributed by atoms with van der Waals surface area (Å²) in [5, 5.41) is 12.1. The van der Waals surface area contributed by atoms with E-state index in [4.69, 9.17) is 9.52 Å². The zero-order chi connectivity index (χ0) is 14.5. The lowest BCUT2D eigenvalue weighted by molar-refractivity contribution is 0.0661. The van der Waals surface area contributed by atoms with Crippen LogP contribution in [-0.2, 0) is 13.0 Å². The minimum Gasteiger partial charge on any atom is -0.475 e. The first-order chi connectivity index (χ1) is 9.60. The van der Waals surface area contributed by atoms with Gasteiger partial charge in [-0.15, -0.1) is 0 Å². The van der Waals surface area contributed by atoms with Crippen LogP contribution in [0.5, 0.6) is 0 Å². The van der Waals surface area contributed by atoms with Gasteiger partial charge in [0.25, 0.3) is 0 Å². The highest BCUT2D eigenvalue weighted by Crippen LogP contribution is 2.17. The number of benzene rings is 1. The van der Waals surface area contributed by atoms with E-state index in [-0.39, 0.29) is 5.76 Å². The van der Waals surface area contributed by atoms with E-state index in [9.17, 15) is 4.79 Å². The quantitative estimate of drug-likeness (QED) is 0.839. The van der Waals surface area contributed by atoms with Gasteiger partial charge in [-0.05, 0) is 37.1 Å². The van der Waals surface area contributed by atoms with E-state index in [1.54, 1.807) is 13.0 Å². The molecule has 0 saturated carbocycles. The molecule has 0 unspecified atom stereocenters. The summed E-state index contributed by atoms with van der Waals surface area (Å²) in [6.07, 6.45) is 2.22. The van der Waals surface area contributed by atoms with Crippen molar-refractivity contribution < 1.29 is 14.3 Å². The summed E-state index contributed by atoms with van der Waals surface area (Å²) in [6, 6.07) is 9.86. The van der Waals surface area contributed by atoms with Crippen LogP contribution in [0.3, 0.4) is 0 Å². The smallest absolute Gasteiger partial charge is 0.371 e. The van der Waals surface area contributed by atoms with E-state index < -0.39 is 5.97 Å². The van der Waals surface area contributed by atoms with Crippen LogP contribution in [0, 0.1) is 6.92 Å². The van der Waals surface area contributed by atoms with Crippen molar-refractivity contribution in [2.45, 2.75) is 33.2 Å². The number of carboxylic acids is 1. The predicted molar refractivity (Wildman–Crippen MR) is 78.2 cm³/mol. The number of rotatable bonds is 6. The van der Waals surface area contributed by atoms with Crippen LogP contribution < -0.4 is 5.32 Å². The molecule has 4 heteroatoms. The number of carboxylic acid groups (broad SMARTS) is 1. The molecule has 0 aliphatic carbocycles. The Balaban J connectivity index is 1.99. The third-order valence-corrected chi connectivity index (χ3v) is 3.21. The van der Waals surface area contributed by atoms with Crippen molar-refractivity contribution in [1.82, 2.24) is 0 Å². The van der Waals surface area contributed by atoms with Gasteiger partial charge in [-0.1, -0.05) is 25.5 Å². The van der Waals surface area contributed by atoms with E-state index in [1.807, 2.05) is 12.1 Å². The summed E-state index contributed by atoms with van der Waals surface area (Å²) in [4.78, 5) is 10.8. The van der Waals surface area contributed by atoms with Crippen molar-refractivity contribution in [2.24, 2.45) is 0 Å². The van der Waals surface area contributed by atoms with Crippen LogP contribution in [0.2, 0.25) is 0 Å². The molecule has 0 spiro atoms. The summed E-state index contributed by atoms with van der Waals surface area (Å²) in [7, 11) is 0. The van der Waals surface area contributed by atoms with E-state index in [2.05, 4.69) is 24.4 Å². The second-order valence-corrected chi connectivity index (χ2v) is 4.80. The van der Waals surface area contributed by atoms with Crippen LogP contribution in [0.25, 0.3) is 0 Å². The maximum Gasteiger partial charge on any atom is 0.371 e. The van der Waals surface area contributed by atoms with E-state index >= 15 is 0 Å². The number of anilines is 1. The molecule has 20 heavy (non-hydrogen) atoms. The van der Waals surface area contributed by atoms with Crippen LogP contribution in [0.15, 0.2) is 34.7 Å². The molecular formula is C16H19NO3. The Kier molecular flexibility index (Phi) is 4.45. The van der Waals surface area contributed by atoms with Crippen molar-refractivity contribution in [3.8, 4) is 0 Å². The zero-order valence-corrected chi connectivity index (χ0v) is 11.8. The van der Waals surface area contributed by atoms with E-state index in [0.29, 0.717) is 12.3 Å². The van der Waals surface area contributed by atoms with Crippen LogP contribution in [0.4, 0.5) is 5.69 Å². The summed E-state index contributed by atoms with van der Waals surface area (Å²) < 4.78 is 5.18. The maximum atomic E-state index is 10.8. The van der Waals surface area contributed by atoms with Gasteiger partial charge in [0.05, 0.1) is 0 Å². The number of furan rings is 1. The first kappa shape index (κ1) is 14.2. The molecule has 1 aromatic carbocycles. The molecule has 1 heterocycles. The highest BCUT2D eigenvalue weighted by Gasteiger charge is 2.12. The SMILES string of the molecule is CCCc1ccc(NCc2cc(C(=O)O)oc2C)cc1. The normalized spacial score (nSPS) is 10.5. The molecule has 0 radical (unpaired) electrons. The molecule has 0 aliphatic heterocycles. The highest BCUT2D eigenvalue weighted by molar-refractivity contribution is 5.84. The number of aryl methyl sites for hydroxylation is 2. The number of aromatic carboxylic acids is 1. The third kappa shape index (κ3) is 3.41. The Morgan fingerprint density at radius 3 is 2.55 bits per heavy atom. The van der Waals surface area contributed by atoms with Gasteiger partial charge >= 0.3 is 5.97 Å². The van der Waals surface area contributed by atoms with Gasteiger partial charge in [0, 0.05) is 17.8 Å². The average molecular weight is 273 g/mol. The monoisotopic (exact) mass is 273 g/mol. The molecule has 0 saturated heterocycles. The lowest BCUT2D eigenvalue weighted by Crippen LogP contribution is -1.99. The standard InChI is InChI=1S/C16H19NO3/c1-3-4-12-5-7-14(8-6-12)17-10-13-9-15(16(18)19)20-11(13)2/h5-9,17H,3-4,10H2,1-2H3,(H,18,19). The third-order valence-electron chi connectivity index (χ3n) is 3.21. The van der Waals surface area contributed by atoms with Crippen molar-refractivity contribution in [3.63, 3.8) is 0 Å². The Morgan fingerprint density at radius 2 is 2.00 bits per heavy atom. The molecule has 0 amide bonds. The first-order valence-corrected chi connectivity index (χ1v) is 6.75. The fourth-order valence-corrected chi connectivity index (χ4v) is 2.08. The minimum absolute atomic E-state index is 0.0161. The predicted octanol–water partition coefficient (Wildman–Crippen LogP) is 3.85. The van der Waals surface area contributed by atoms with E-state index in [0.717, 1.165) is 24.1 Å². The van der Waals surface area contributed by atoms with Crippen LogP contribution >= 0.6 is 0 Å². The second kappa shape index (κ2) is 6.28.